The number of hydrogen-bond donors (Lipinski definition) is 1. The highest BCUT2D eigenvalue weighted by atomic mass is 16.3. The van der Waals surface area contributed by atoms with Crippen LogP contribution in [0, 0.1) is 18.3 Å². The number of rotatable bonds is 2. The molecule has 5 heteroatoms. The Morgan fingerprint density at radius 3 is 2.68 bits per heavy atom. The number of aliphatic hydroxyl groups is 1. The summed E-state index contributed by atoms with van der Waals surface area (Å²) in [5, 5.41) is 24.5. The van der Waals surface area contributed by atoms with Crippen molar-refractivity contribution >= 4 is 11.6 Å². The number of aryl methyl sites for hydroxylation is 1. The van der Waals surface area contributed by atoms with Crippen molar-refractivity contribution in [2.24, 2.45) is 5.10 Å². The van der Waals surface area contributed by atoms with E-state index in [1.807, 2.05) is 19.1 Å². The third-order valence-corrected chi connectivity index (χ3v) is 3.10. The summed E-state index contributed by atoms with van der Waals surface area (Å²) < 4.78 is 0. The molecule has 2 rings (SSSR count). The van der Waals surface area contributed by atoms with Gasteiger partial charge in [0.2, 0.25) is 0 Å². The molecule has 1 N–H and O–H groups in total. The number of hydrogen-bond acceptors (Lipinski definition) is 4. The molecule has 1 atom stereocenters. The van der Waals surface area contributed by atoms with Crippen LogP contribution in [0.3, 0.4) is 0 Å². The zero-order valence-electron chi connectivity index (χ0n) is 10.9. The Kier molecular flexibility index (Phi) is 3.36. The quantitative estimate of drug-likeness (QED) is 0.875. The lowest BCUT2D eigenvalue weighted by Gasteiger charge is -2.31. The summed E-state index contributed by atoms with van der Waals surface area (Å²) in [6, 6.07) is 9.07. The molecule has 0 spiro atoms. The highest BCUT2D eigenvalue weighted by Crippen LogP contribution is 2.35. The lowest BCUT2D eigenvalue weighted by atomic mass is 9.96. The molecule has 1 amide bonds. The third-order valence-electron chi connectivity index (χ3n) is 3.10. The van der Waals surface area contributed by atoms with Gasteiger partial charge in [0.25, 0.3) is 5.91 Å². The molecule has 1 aliphatic rings. The van der Waals surface area contributed by atoms with Gasteiger partial charge in [-0.05, 0) is 13.8 Å². The van der Waals surface area contributed by atoms with Crippen molar-refractivity contribution in [3.8, 4) is 6.07 Å². The molecule has 0 bridgehead atoms. The molecule has 0 saturated carbocycles. The van der Waals surface area contributed by atoms with E-state index in [4.69, 9.17) is 5.26 Å². The summed E-state index contributed by atoms with van der Waals surface area (Å²) in [4.78, 5) is 11.9. The summed E-state index contributed by atoms with van der Waals surface area (Å²) in [5.74, 6) is -0.498. The van der Waals surface area contributed by atoms with E-state index in [2.05, 4.69) is 5.10 Å². The van der Waals surface area contributed by atoms with Crippen LogP contribution in [0.2, 0.25) is 0 Å². The maximum atomic E-state index is 11.9. The minimum Gasteiger partial charge on any atom is -0.365 e. The van der Waals surface area contributed by atoms with Gasteiger partial charge in [-0.2, -0.15) is 15.4 Å². The standard InChI is InChI=1S/C14H15N3O2/c1-10-3-5-12(6-4-10)14(19)9-11(2)16-17(14)13(18)7-8-15/h3-6,19H,7,9H2,1-2H3/t14-/m1/s1. The summed E-state index contributed by atoms with van der Waals surface area (Å²) in [7, 11) is 0. The number of benzene rings is 1. The van der Waals surface area contributed by atoms with Crippen LogP contribution in [-0.2, 0) is 10.5 Å². The maximum absolute atomic E-state index is 11.9. The molecule has 98 valence electrons. The molecule has 0 aliphatic carbocycles. The molecule has 19 heavy (non-hydrogen) atoms. The van der Waals surface area contributed by atoms with Crippen molar-refractivity contribution in [3.63, 3.8) is 0 Å². The van der Waals surface area contributed by atoms with Gasteiger partial charge in [0.1, 0.15) is 6.42 Å². The molecule has 1 aromatic carbocycles. The molecule has 0 saturated heterocycles. The average molecular weight is 257 g/mol. The van der Waals surface area contributed by atoms with Gasteiger partial charge in [0, 0.05) is 17.7 Å². The molecule has 0 unspecified atom stereocenters. The van der Waals surface area contributed by atoms with E-state index in [0.717, 1.165) is 10.6 Å². The normalized spacial score (nSPS) is 22.0. The molecule has 0 fully saturated rings. The minimum atomic E-state index is -1.48. The van der Waals surface area contributed by atoms with Crippen molar-refractivity contribution < 1.29 is 9.90 Å². The zero-order chi connectivity index (χ0) is 14.0. The van der Waals surface area contributed by atoms with Crippen molar-refractivity contribution in [1.29, 1.82) is 5.26 Å². The second kappa shape index (κ2) is 4.82. The Hall–Kier alpha value is -2.19. The van der Waals surface area contributed by atoms with Crippen LogP contribution >= 0.6 is 0 Å². The van der Waals surface area contributed by atoms with E-state index in [0.29, 0.717) is 11.3 Å². The van der Waals surface area contributed by atoms with E-state index < -0.39 is 11.6 Å². The monoisotopic (exact) mass is 257 g/mol. The van der Waals surface area contributed by atoms with Gasteiger partial charge in [0.15, 0.2) is 5.72 Å². The molecule has 1 aliphatic heterocycles. The van der Waals surface area contributed by atoms with Gasteiger partial charge in [-0.3, -0.25) is 4.79 Å². The first-order valence-electron chi connectivity index (χ1n) is 6.01. The smallest absolute Gasteiger partial charge is 0.259 e. The van der Waals surface area contributed by atoms with E-state index in [9.17, 15) is 9.90 Å². The molecule has 5 nitrogen and oxygen atoms in total. The summed E-state index contributed by atoms with van der Waals surface area (Å²) >= 11 is 0. The molecule has 0 aromatic heterocycles. The van der Waals surface area contributed by atoms with Gasteiger partial charge in [-0.1, -0.05) is 29.8 Å². The van der Waals surface area contributed by atoms with E-state index >= 15 is 0 Å². The summed E-state index contributed by atoms with van der Waals surface area (Å²) in [5.41, 5.74) is 0.850. The Balaban J connectivity index is 2.39. The third kappa shape index (κ3) is 2.35. The van der Waals surface area contributed by atoms with Crippen LogP contribution in [0.5, 0.6) is 0 Å². The van der Waals surface area contributed by atoms with Gasteiger partial charge in [0.05, 0.1) is 6.07 Å². The Labute approximate surface area is 111 Å². The molecule has 1 aromatic rings. The summed E-state index contributed by atoms with van der Waals surface area (Å²) in [6.07, 6.45) is -0.0435. The minimum absolute atomic E-state index is 0.257. The first-order valence-corrected chi connectivity index (χ1v) is 6.01. The Morgan fingerprint density at radius 2 is 2.11 bits per heavy atom. The van der Waals surface area contributed by atoms with Crippen LogP contribution in [0.25, 0.3) is 0 Å². The highest BCUT2D eigenvalue weighted by molar-refractivity contribution is 5.89. The van der Waals surface area contributed by atoms with Gasteiger partial charge >= 0.3 is 0 Å². The topological polar surface area (TPSA) is 76.7 Å². The van der Waals surface area contributed by atoms with Crippen molar-refractivity contribution in [3.05, 3.63) is 35.4 Å². The lowest BCUT2D eigenvalue weighted by Crippen LogP contribution is -2.43. The van der Waals surface area contributed by atoms with Crippen molar-refractivity contribution in [1.82, 2.24) is 5.01 Å². The van der Waals surface area contributed by atoms with E-state index in [1.165, 1.54) is 0 Å². The number of carbonyl (C=O) groups is 1. The molecular weight excluding hydrogens is 242 g/mol. The van der Waals surface area contributed by atoms with Crippen LogP contribution in [0.15, 0.2) is 29.4 Å². The van der Waals surface area contributed by atoms with E-state index in [-0.39, 0.29) is 12.8 Å². The fourth-order valence-corrected chi connectivity index (χ4v) is 2.17. The fraction of sp³-hybridized carbons (Fsp3) is 0.357. The average Bonchev–Trinajstić information content (AvgIpc) is 2.67. The molecular formula is C14H15N3O2. The van der Waals surface area contributed by atoms with Crippen molar-refractivity contribution in [2.75, 3.05) is 0 Å². The fourth-order valence-electron chi connectivity index (χ4n) is 2.17. The number of amides is 1. The maximum Gasteiger partial charge on any atom is 0.259 e. The SMILES string of the molecule is CC1=NN(C(=O)CC#N)[C@](O)(c2ccc(C)cc2)C1. The van der Waals surface area contributed by atoms with E-state index in [1.54, 1.807) is 25.1 Å². The Morgan fingerprint density at radius 1 is 1.47 bits per heavy atom. The number of hydrazone groups is 1. The van der Waals surface area contributed by atoms with Crippen LogP contribution in [0.4, 0.5) is 0 Å². The predicted octanol–water partition coefficient (Wildman–Crippen LogP) is 1.66. The first kappa shape index (κ1) is 13.2. The van der Waals surface area contributed by atoms with Crippen LogP contribution in [0.1, 0.15) is 30.9 Å². The van der Waals surface area contributed by atoms with Crippen LogP contribution in [-0.4, -0.2) is 21.7 Å². The van der Waals surface area contributed by atoms with Crippen molar-refractivity contribution in [2.45, 2.75) is 32.4 Å². The second-order valence-corrected chi connectivity index (χ2v) is 4.74. The number of nitrogens with zero attached hydrogens (tertiary/aromatic N) is 3. The number of carbonyl (C=O) groups excluding carboxylic acids is 1. The largest absolute Gasteiger partial charge is 0.365 e. The first-order chi connectivity index (χ1) is 8.97. The summed E-state index contributed by atoms with van der Waals surface area (Å²) in [6.45, 7) is 3.70. The highest BCUT2D eigenvalue weighted by Gasteiger charge is 2.44. The van der Waals surface area contributed by atoms with Gasteiger partial charge in [-0.15, -0.1) is 0 Å². The van der Waals surface area contributed by atoms with Gasteiger partial charge in [-0.25, -0.2) is 0 Å². The molecule has 1 heterocycles. The lowest BCUT2D eigenvalue weighted by molar-refractivity contribution is -0.156. The van der Waals surface area contributed by atoms with Gasteiger partial charge < -0.3 is 5.11 Å². The number of nitriles is 1. The zero-order valence-corrected chi connectivity index (χ0v) is 10.9. The molecule has 0 radical (unpaired) electrons. The van der Waals surface area contributed by atoms with Crippen LogP contribution < -0.4 is 0 Å². The second-order valence-electron chi connectivity index (χ2n) is 4.74. The Bertz CT molecular complexity index is 571. The predicted molar refractivity (Wildman–Crippen MR) is 69.9 cm³/mol.